The molecule has 4 atom stereocenters. The number of aromatic nitrogens is 2. The quantitative estimate of drug-likeness (QED) is 0.237. The van der Waals surface area contributed by atoms with Crippen LogP contribution in [0.5, 0.6) is 5.75 Å². The van der Waals surface area contributed by atoms with Gasteiger partial charge in [-0.1, -0.05) is 49.4 Å². The number of aromatic amines is 1. The number of fused-ring (bicyclic) bond motifs is 2. The van der Waals surface area contributed by atoms with E-state index in [1.807, 2.05) is 86.7 Å². The number of methoxy groups -OCH3 is 1. The molecule has 42 heavy (non-hydrogen) atoms. The van der Waals surface area contributed by atoms with Gasteiger partial charge in [0.15, 0.2) is 8.32 Å². The summed E-state index contributed by atoms with van der Waals surface area (Å²) in [6.07, 6.45) is -0.774. The molecular formula is C32H39N3O6Si. The highest BCUT2D eigenvalue weighted by Crippen LogP contribution is 2.47. The van der Waals surface area contributed by atoms with Gasteiger partial charge in [-0.3, -0.25) is 14.7 Å². The monoisotopic (exact) mass is 589 g/mol. The number of nitrogens with one attached hydrogen (secondary N) is 1. The molecule has 3 N–H and O–H groups in total. The lowest BCUT2D eigenvalue weighted by Crippen LogP contribution is -2.50. The summed E-state index contributed by atoms with van der Waals surface area (Å²) < 4.78 is 14.1. The average molecular weight is 590 g/mol. The zero-order chi connectivity index (χ0) is 30.0. The SMILES string of the molecule is CO[C@H]1c2cc(-n3[nH]c4ccccc4c3=O)ccc2O[C@@H](C(CC(=O)N(CCO)Cc2ccccc2)[Si](C)(C)O)[C@@H]1C. The highest BCUT2D eigenvalue weighted by Gasteiger charge is 2.47. The molecule has 0 aliphatic carbocycles. The number of ether oxygens (including phenoxy) is 2. The summed E-state index contributed by atoms with van der Waals surface area (Å²) in [7, 11) is -1.30. The number of carbonyl (C=O) groups excluding carboxylic acids is 1. The normalized spacial score (nSPS) is 19.2. The maximum atomic E-state index is 13.7. The Morgan fingerprint density at radius 1 is 1.12 bits per heavy atom. The van der Waals surface area contributed by atoms with Crippen molar-refractivity contribution in [3.63, 3.8) is 0 Å². The Hall–Kier alpha value is -3.70. The van der Waals surface area contributed by atoms with Crippen molar-refractivity contribution >= 4 is 25.1 Å². The third-order valence-electron chi connectivity index (χ3n) is 8.30. The molecule has 0 spiro atoms. The van der Waals surface area contributed by atoms with E-state index in [-0.39, 0.29) is 43.1 Å². The van der Waals surface area contributed by atoms with E-state index in [1.165, 1.54) is 4.68 Å². The molecule has 1 aliphatic heterocycles. The molecule has 0 saturated carbocycles. The molecule has 0 bridgehead atoms. The highest BCUT2D eigenvalue weighted by atomic mass is 28.4. The Balaban J connectivity index is 1.44. The first-order valence-corrected chi connectivity index (χ1v) is 17.3. The Bertz CT molecular complexity index is 1600. The molecular weight excluding hydrogens is 550 g/mol. The van der Waals surface area contributed by atoms with Crippen LogP contribution >= 0.6 is 0 Å². The van der Waals surface area contributed by atoms with Crippen LogP contribution in [0.1, 0.15) is 30.6 Å². The van der Waals surface area contributed by atoms with Crippen LogP contribution < -0.4 is 10.3 Å². The summed E-state index contributed by atoms with van der Waals surface area (Å²) in [5, 5.41) is 13.5. The number of hydrogen-bond acceptors (Lipinski definition) is 6. The molecule has 2 heterocycles. The fraction of sp³-hybridized carbons (Fsp3) is 0.375. The van der Waals surface area contributed by atoms with Crippen LogP contribution in [0.4, 0.5) is 0 Å². The van der Waals surface area contributed by atoms with Crippen molar-refractivity contribution in [2.45, 2.75) is 50.7 Å². The molecule has 1 unspecified atom stereocenters. The van der Waals surface area contributed by atoms with Crippen LogP contribution in [0.2, 0.25) is 18.6 Å². The van der Waals surface area contributed by atoms with E-state index in [2.05, 4.69) is 5.10 Å². The molecule has 4 aromatic rings. The van der Waals surface area contributed by atoms with Gasteiger partial charge >= 0.3 is 0 Å². The number of aliphatic hydroxyl groups is 1. The smallest absolute Gasteiger partial charge is 0.279 e. The minimum Gasteiger partial charge on any atom is -0.490 e. The number of hydrogen-bond donors (Lipinski definition) is 3. The molecule has 9 nitrogen and oxygen atoms in total. The van der Waals surface area contributed by atoms with Gasteiger partial charge in [-0.05, 0) is 49.0 Å². The zero-order valence-corrected chi connectivity index (χ0v) is 25.5. The van der Waals surface area contributed by atoms with Crippen LogP contribution in [-0.4, -0.2) is 65.2 Å². The second-order valence-electron chi connectivity index (χ2n) is 11.6. The molecule has 10 heteroatoms. The van der Waals surface area contributed by atoms with E-state index in [0.717, 1.165) is 16.6 Å². The van der Waals surface area contributed by atoms with Crippen LogP contribution in [0.25, 0.3) is 16.6 Å². The maximum Gasteiger partial charge on any atom is 0.279 e. The predicted molar refractivity (Wildman–Crippen MR) is 164 cm³/mol. The lowest BCUT2D eigenvalue weighted by Gasteiger charge is -2.44. The number of carbonyl (C=O) groups is 1. The van der Waals surface area contributed by atoms with Crippen molar-refractivity contribution in [2.75, 3.05) is 20.3 Å². The van der Waals surface area contributed by atoms with Crippen molar-refractivity contribution in [2.24, 2.45) is 5.92 Å². The zero-order valence-electron chi connectivity index (χ0n) is 24.5. The van der Waals surface area contributed by atoms with Gasteiger partial charge in [0.05, 0.1) is 29.3 Å². The number of nitrogens with zero attached hydrogens (tertiary/aromatic N) is 2. The molecule has 0 fully saturated rings. The van der Waals surface area contributed by atoms with E-state index in [1.54, 1.807) is 18.1 Å². The molecule has 0 saturated heterocycles. The molecule has 5 rings (SSSR count). The molecule has 3 aromatic carbocycles. The second-order valence-corrected chi connectivity index (χ2v) is 15.7. The lowest BCUT2D eigenvalue weighted by atomic mass is 9.86. The summed E-state index contributed by atoms with van der Waals surface area (Å²) >= 11 is 0. The number of aliphatic hydroxyl groups excluding tert-OH is 1. The third kappa shape index (κ3) is 5.93. The minimum absolute atomic E-state index is 0.0892. The van der Waals surface area contributed by atoms with Gasteiger partial charge in [-0.2, -0.15) is 0 Å². The van der Waals surface area contributed by atoms with Gasteiger partial charge in [0.25, 0.3) is 5.56 Å². The first-order chi connectivity index (χ1) is 20.1. The molecule has 1 amide bonds. The van der Waals surface area contributed by atoms with E-state index >= 15 is 0 Å². The van der Waals surface area contributed by atoms with Gasteiger partial charge < -0.3 is 24.3 Å². The Labute approximate surface area is 246 Å². The number of amides is 1. The largest absolute Gasteiger partial charge is 0.490 e. The van der Waals surface area contributed by atoms with Crippen molar-refractivity contribution in [1.82, 2.24) is 14.7 Å². The highest BCUT2D eigenvalue weighted by molar-refractivity contribution is 6.71. The van der Waals surface area contributed by atoms with Crippen LogP contribution in [0, 0.1) is 5.92 Å². The molecule has 1 aromatic heterocycles. The van der Waals surface area contributed by atoms with E-state index in [9.17, 15) is 19.5 Å². The number of rotatable bonds is 10. The van der Waals surface area contributed by atoms with Crippen molar-refractivity contribution in [1.29, 1.82) is 0 Å². The average Bonchev–Trinajstić information content (AvgIpc) is 3.31. The van der Waals surface area contributed by atoms with Gasteiger partial charge in [-0.15, -0.1) is 0 Å². The Morgan fingerprint density at radius 3 is 2.50 bits per heavy atom. The van der Waals surface area contributed by atoms with Crippen molar-refractivity contribution in [3.8, 4) is 11.4 Å². The third-order valence-corrected chi connectivity index (χ3v) is 10.6. The second kappa shape index (κ2) is 12.3. The van der Waals surface area contributed by atoms with E-state index in [0.29, 0.717) is 23.4 Å². The van der Waals surface area contributed by atoms with Gasteiger partial charge in [-0.25, -0.2) is 4.68 Å². The fourth-order valence-corrected chi connectivity index (χ4v) is 7.90. The summed E-state index contributed by atoms with van der Waals surface area (Å²) in [6.45, 7) is 6.10. The topological polar surface area (TPSA) is 117 Å². The number of H-pyrrole nitrogens is 1. The van der Waals surface area contributed by atoms with Crippen molar-refractivity contribution < 1.29 is 24.2 Å². The van der Waals surface area contributed by atoms with E-state index in [4.69, 9.17) is 9.47 Å². The fourth-order valence-electron chi connectivity index (χ4n) is 6.05. The standard InChI is InChI=1S/C32H39N3O6Si/c1-21-30(40-2)25-18-23(35-32(38)24-12-8-9-13-26(24)33-35)14-15-27(25)41-31(21)28(42(3,4)39)19-29(37)34(16-17-36)20-22-10-6-5-7-11-22/h5-15,18,21,28,30-31,33,36,39H,16-17,19-20H2,1-4H3/t21-,28?,30-,31-/m1/s1. The summed E-state index contributed by atoms with van der Waals surface area (Å²) in [4.78, 5) is 39.8. The van der Waals surface area contributed by atoms with Crippen LogP contribution in [0.15, 0.2) is 77.6 Å². The first kappa shape index (κ1) is 29.8. The van der Waals surface area contributed by atoms with Gasteiger partial charge in [0, 0.05) is 43.6 Å². The minimum atomic E-state index is -2.93. The number of benzene rings is 3. The van der Waals surface area contributed by atoms with Gasteiger partial charge in [0.1, 0.15) is 11.9 Å². The molecule has 1 aliphatic rings. The summed E-state index contributed by atoms with van der Waals surface area (Å²) in [6, 6.07) is 22.6. The molecule has 222 valence electrons. The van der Waals surface area contributed by atoms with Gasteiger partial charge in [0.2, 0.25) is 5.91 Å². The Kier molecular flexibility index (Phi) is 8.70. The maximum absolute atomic E-state index is 13.7. The number of para-hydroxylation sites is 1. The summed E-state index contributed by atoms with van der Waals surface area (Å²) in [5.41, 5.74) is 2.61. The van der Waals surface area contributed by atoms with Crippen LogP contribution in [0.3, 0.4) is 0 Å². The predicted octanol–water partition coefficient (Wildman–Crippen LogP) is 4.38. The van der Waals surface area contributed by atoms with Crippen molar-refractivity contribution in [3.05, 3.63) is 94.3 Å². The van der Waals surface area contributed by atoms with Crippen LogP contribution in [-0.2, 0) is 16.1 Å². The van der Waals surface area contributed by atoms with E-state index < -0.39 is 20.0 Å². The lowest BCUT2D eigenvalue weighted by molar-refractivity contribution is -0.133. The summed E-state index contributed by atoms with van der Waals surface area (Å²) in [5.74, 6) is 0.260. The first-order valence-electron chi connectivity index (χ1n) is 14.3. The Morgan fingerprint density at radius 2 is 1.83 bits per heavy atom. The molecule has 0 radical (unpaired) electrons.